The first-order chi connectivity index (χ1) is 11.8. The molecule has 24 heavy (non-hydrogen) atoms. The van der Waals surface area contributed by atoms with Gasteiger partial charge in [0.25, 0.3) is 0 Å². The van der Waals surface area contributed by atoms with Crippen LogP contribution in [0, 0.1) is 5.92 Å². The van der Waals surface area contributed by atoms with Crippen molar-refractivity contribution in [1.29, 1.82) is 0 Å². The molecule has 1 fully saturated rings. The van der Waals surface area contributed by atoms with Gasteiger partial charge in [0.2, 0.25) is 0 Å². The lowest BCUT2D eigenvalue weighted by Gasteiger charge is -2.28. The molecule has 0 saturated heterocycles. The molecule has 0 bridgehead atoms. The lowest BCUT2D eigenvalue weighted by atomic mass is 10.00. The van der Waals surface area contributed by atoms with Gasteiger partial charge in [-0.05, 0) is 42.7 Å². The summed E-state index contributed by atoms with van der Waals surface area (Å²) in [6, 6.07) is 8.55. The van der Waals surface area contributed by atoms with E-state index in [-0.39, 0.29) is 6.03 Å². The minimum atomic E-state index is -0.0744. The van der Waals surface area contributed by atoms with E-state index in [1.807, 2.05) is 0 Å². The van der Waals surface area contributed by atoms with Gasteiger partial charge < -0.3 is 15.4 Å². The van der Waals surface area contributed by atoms with E-state index >= 15 is 0 Å². The lowest BCUT2D eigenvalue weighted by Crippen LogP contribution is -2.42. The molecule has 1 saturated carbocycles. The monoisotopic (exact) mass is 331 g/mol. The Labute approximate surface area is 144 Å². The number of ether oxygens (including phenoxy) is 1. The molecule has 0 aromatic heterocycles. The van der Waals surface area contributed by atoms with Gasteiger partial charge in [0, 0.05) is 45.9 Å². The molecule has 0 unspecified atom stereocenters. The summed E-state index contributed by atoms with van der Waals surface area (Å²) in [5.41, 5.74) is 2.88. The highest BCUT2D eigenvalue weighted by Gasteiger charge is 2.20. The van der Waals surface area contributed by atoms with Gasteiger partial charge in [0.15, 0.2) is 0 Å². The van der Waals surface area contributed by atoms with Gasteiger partial charge in [-0.25, -0.2) is 4.79 Å². The van der Waals surface area contributed by atoms with Crippen molar-refractivity contribution in [3.8, 4) is 0 Å². The summed E-state index contributed by atoms with van der Waals surface area (Å²) in [6.45, 7) is 5.94. The predicted molar refractivity (Wildman–Crippen MR) is 95.0 cm³/mol. The van der Waals surface area contributed by atoms with Crippen LogP contribution in [0.2, 0.25) is 0 Å². The van der Waals surface area contributed by atoms with Gasteiger partial charge in [0.05, 0.1) is 0 Å². The molecular formula is C19H29N3O2. The Morgan fingerprint density at radius 3 is 2.79 bits per heavy atom. The van der Waals surface area contributed by atoms with E-state index in [1.54, 1.807) is 0 Å². The number of rotatable bonds is 9. The number of fused-ring (bicyclic) bond motifs is 1. The van der Waals surface area contributed by atoms with Crippen molar-refractivity contribution in [2.75, 3.05) is 39.4 Å². The fourth-order valence-electron chi connectivity index (χ4n) is 3.05. The van der Waals surface area contributed by atoms with Crippen LogP contribution in [-0.2, 0) is 17.7 Å². The summed E-state index contributed by atoms with van der Waals surface area (Å²) in [5, 5.41) is 5.83. The Kier molecular flexibility index (Phi) is 6.49. The highest BCUT2D eigenvalue weighted by atomic mass is 16.5. The molecule has 5 nitrogen and oxygen atoms in total. The maximum Gasteiger partial charge on any atom is 0.314 e. The van der Waals surface area contributed by atoms with Crippen LogP contribution in [0.25, 0.3) is 0 Å². The van der Waals surface area contributed by atoms with Crippen LogP contribution in [0.4, 0.5) is 4.79 Å². The molecule has 5 heteroatoms. The van der Waals surface area contributed by atoms with Gasteiger partial charge in [-0.2, -0.15) is 0 Å². The molecule has 0 spiro atoms. The highest BCUT2D eigenvalue weighted by Crippen LogP contribution is 2.28. The van der Waals surface area contributed by atoms with Crippen molar-refractivity contribution in [3.63, 3.8) is 0 Å². The maximum atomic E-state index is 11.8. The molecule has 0 atom stereocenters. The van der Waals surface area contributed by atoms with Gasteiger partial charge in [-0.3, -0.25) is 4.90 Å². The van der Waals surface area contributed by atoms with E-state index < -0.39 is 0 Å². The number of hydrogen-bond donors (Lipinski definition) is 2. The Hall–Kier alpha value is -1.59. The number of nitrogens with one attached hydrogen (secondary N) is 2. The van der Waals surface area contributed by atoms with Crippen LogP contribution in [0.1, 0.15) is 30.4 Å². The molecule has 1 aromatic carbocycles. The Morgan fingerprint density at radius 1 is 1.17 bits per heavy atom. The molecule has 1 aliphatic heterocycles. The van der Waals surface area contributed by atoms with Crippen molar-refractivity contribution >= 4 is 6.03 Å². The van der Waals surface area contributed by atoms with Gasteiger partial charge >= 0.3 is 6.03 Å². The number of benzene rings is 1. The number of amides is 2. The van der Waals surface area contributed by atoms with E-state index in [4.69, 9.17) is 4.74 Å². The average Bonchev–Trinajstić information content (AvgIpc) is 3.42. The molecule has 0 radical (unpaired) electrons. The SMILES string of the molecule is O=C(NCCCOCC1CC1)NCCN1CCc2ccccc2C1. The van der Waals surface area contributed by atoms with Crippen LogP contribution in [0.5, 0.6) is 0 Å². The Balaban J connectivity index is 1.21. The second-order valence-electron chi connectivity index (χ2n) is 6.85. The third-order valence-corrected chi connectivity index (χ3v) is 4.72. The zero-order valence-electron chi connectivity index (χ0n) is 14.4. The van der Waals surface area contributed by atoms with E-state index in [0.29, 0.717) is 13.1 Å². The zero-order chi connectivity index (χ0) is 16.6. The summed E-state index contributed by atoms with van der Waals surface area (Å²) in [4.78, 5) is 14.1. The molecule has 1 aliphatic carbocycles. The Bertz CT molecular complexity index is 531. The molecule has 3 rings (SSSR count). The Morgan fingerprint density at radius 2 is 1.96 bits per heavy atom. The topological polar surface area (TPSA) is 53.6 Å². The van der Waals surface area contributed by atoms with E-state index in [0.717, 1.165) is 51.6 Å². The van der Waals surface area contributed by atoms with Gasteiger partial charge in [-0.15, -0.1) is 0 Å². The van der Waals surface area contributed by atoms with Crippen molar-refractivity contribution in [1.82, 2.24) is 15.5 Å². The fourth-order valence-corrected chi connectivity index (χ4v) is 3.05. The molecule has 2 aliphatic rings. The van der Waals surface area contributed by atoms with E-state index in [1.165, 1.54) is 24.0 Å². The highest BCUT2D eigenvalue weighted by molar-refractivity contribution is 5.73. The minimum absolute atomic E-state index is 0.0744. The molecule has 2 N–H and O–H groups in total. The van der Waals surface area contributed by atoms with Crippen LogP contribution >= 0.6 is 0 Å². The minimum Gasteiger partial charge on any atom is -0.381 e. The van der Waals surface area contributed by atoms with Gasteiger partial charge in [-0.1, -0.05) is 24.3 Å². The number of hydrogen-bond acceptors (Lipinski definition) is 3. The summed E-state index contributed by atoms with van der Waals surface area (Å²) in [7, 11) is 0. The average molecular weight is 331 g/mol. The maximum absolute atomic E-state index is 11.8. The third-order valence-electron chi connectivity index (χ3n) is 4.72. The van der Waals surface area contributed by atoms with Crippen molar-refractivity contribution < 1.29 is 9.53 Å². The summed E-state index contributed by atoms with van der Waals surface area (Å²) >= 11 is 0. The molecule has 2 amide bonds. The van der Waals surface area contributed by atoms with Gasteiger partial charge in [0.1, 0.15) is 0 Å². The van der Waals surface area contributed by atoms with Crippen LogP contribution in [0.15, 0.2) is 24.3 Å². The van der Waals surface area contributed by atoms with Crippen LogP contribution < -0.4 is 10.6 Å². The second kappa shape index (κ2) is 9.04. The lowest BCUT2D eigenvalue weighted by molar-refractivity contribution is 0.122. The number of nitrogens with zero attached hydrogens (tertiary/aromatic N) is 1. The zero-order valence-corrected chi connectivity index (χ0v) is 14.4. The number of carbonyl (C=O) groups excluding carboxylic acids is 1. The largest absolute Gasteiger partial charge is 0.381 e. The summed E-state index contributed by atoms with van der Waals surface area (Å²) in [6.07, 6.45) is 4.62. The second-order valence-corrected chi connectivity index (χ2v) is 6.85. The predicted octanol–water partition coefficient (Wildman–Crippen LogP) is 2.16. The van der Waals surface area contributed by atoms with Crippen LogP contribution in [-0.4, -0.2) is 50.3 Å². The standard InChI is InChI=1S/C19H29N3O2/c23-19(20-9-3-13-24-15-16-6-7-16)21-10-12-22-11-8-17-4-1-2-5-18(17)14-22/h1-2,4-5,16H,3,6-15H2,(H2,20,21,23). The molecule has 132 valence electrons. The van der Waals surface area contributed by atoms with E-state index in [9.17, 15) is 4.79 Å². The molecule has 1 aromatic rings. The fraction of sp³-hybridized carbons (Fsp3) is 0.632. The smallest absolute Gasteiger partial charge is 0.314 e. The first-order valence-corrected chi connectivity index (χ1v) is 9.20. The van der Waals surface area contributed by atoms with Crippen LogP contribution in [0.3, 0.4) is 0 Å². The molecule has 1 heterocycles. The van der Waals surface area contributed by atoms with Crippen molar-refractivity contribution in [2.24, 2.45) is 5.92 Å². The van der Waals surface area contributed by atoms with E-state index in [2.05, 4.69) is 39.8 Å². The summed E-state index contributed by atoms with van der Waals surface area (Å²) in [5.74, 6) is 0.808. The normalized spacial score (nSPS) is 17.3. The summed E-state index contributed by atoms with van der Waals surface area (Å²) < 4.78 is 5.55. The number of carbonyl (C=O) groups is 1. The molecular weight excluding hydrogens is 302 g/mol. The number of urea groups is 1. The van der Waals surface area contributed by atoms with Crippen molar-refractivity contribution in [2.45, 2.75) is 32.2 Å². The first kappa shape index (κ1) is 17.2. The third kappa shape index (κ3) is 5.80. The van der Waals surface area contributed by atoms with Crippen molar-refractivity contribution in [3.05, 3.63) is 35.4 Å². The first-order valence-electron chi connectivity index (χ1n) is 9.20. The quantitative estimate of drug-likeness (QED) is 0.682.